The Hall–Kier alpha value is -3.34. The molecule has 2 rings (SSSR count). The number of nitrogens with one attached hydrogen (secondary N) is 1. The summed E-state index contributed by atoms with van der Waals surface area (Å²) in [4.78, 5) is 32.5. The molecule has 1 aromatic carbocycles. The number of amides is 1. The molecule has 38 heavy (non-hydrogen) atoms. The van der Waals surface area contributed by atoms with E-state index in [-0.39, 0.29) is 18.1 Å². The van der Waals surface area contributed by atoms with Gasteiger partial charge in [-0.1, -0.05) is 44.0 Å². The average molecular weight is 543 g/mol. The molecule has 8 nitrogen and oxygen atoms in total. The van der Waals surface area contributed by atoms with Gasteiger partial charge in [0.1, 0.15) is 11.7 Å². The second-order valence-electron chi connectivity index (χ2n) is 10.1. The quantitative estimate of drug-likeness (QED) is 0.296. The predicted molar refractivity (Wildman–Crippen MR) is 133 cm³/mol. The maximum absolute atomic E-state index is 12.6. The summed E-state index contributed by atoms with van der Waals surface area (Å²) in [6.07, 6.45) is 1.09. The van der Waals surface area contributed by atoms with Crippen LogP contribution in [0, 0.1) is 0 Å². The van der Waals surface area contributed by atoms with E-state index in [0.29, 0.717) is 17.4 Å². The monoisotopic (exact) mass is 542 g/mol. The van der Waals surface area contributed by atoms with Crippen LogP contribution in [0.3, 0.4) is 0 Å². The van der Waals surface area contributed by atoms with Crippen LogP contribution in [0.1, 0.15) is 60.0 Å². The second-order valence-corrected chi connectivity index (χ2v) is 10.1. The first-order valence-corrected chi connectivity index (χ1v) is 12.4. The predicted octanol–water partition coefficient (Wildman–Crippen LogP) is 3.38. The minimum atomic E-state index is -5.19. The number of aliphatic carboxylic acids is 2. The van der Waals surface area contributed by atoms with Crippen LogP contribution in [0.2, 0.25) is 0 Å². The number of carboxylic acids is 2. The molecule has 0 aliphatic rings. The average Bonchev–Trinajstić information content (AvgIpc) is 3.26. The maximum Gasteiger partial charge on any atom is 0.430 e. The molecule has 1 heterocycles. The van der Waals surface area contributed by atoms with Crippen molar-refractivity contribution in [3.8, 4) is 0 Å². The van der Waals surface area contributed by atoms with E-state index in [1.807, 2.05) is 27.2 Å². The number of likely N-dealkylation sites (N-methyl/N-ethyl adjacent to an activating group) is 1. The molecule has 1 amide bonds. The number of hydrogen-bond donors (Lipinski definition) is 2. The molecular weight excluding hydrogens is 505 g/mol. The van der Waals surface area contributed by atoms with Crippen LogP contribution in [-0.2, 0) is 28.9 Å². The Morgan fingerprint density at radius 1 is 0.974 bits per heavy atom. The third kappa shape index (κ3) is 13.8. The van der Waals surface area contributed by atoms with E-state index >= 15 is 0 Å². The molecule has 2 N–H and O–H groups in total. The first kappa shape index (κ1) is 32.7. The van der Waals surface area contributed by atoms with Crippen molar-refractivity contribution < 1.29 is 46.7 Å². The molecule has 2 aromatic rings. The first-order chi connectivity index (χ1) is 17.6. The van der Waals surface area contributed by atoms with Crippen LogP contribution in [0.4, 0.5) is 13.2 Å². The fourth-order valence-electron chi connectivity index (χ4n) is 3.64. The third-order valence-corrected chi connectivity index (χ3v) is 5.39. The van der Waals surface area contributed by atoms with Gasteiger partial charge in [0.05, 0.1) is 40.2 Å². The summed E-state index contributed by atoms with van der Waals surface area (Å²) >= 11 is 0. The Labute approximate surface area is 221 Å². The summed E-state index contributed by atoms with van der Waals surface area (Å²) in [6.45, 7) is 2.73. The number of furan rings is 1. The lowest BCUT2D eigenvalue weighted by molar-refractivity contribution is -0.871. The van der Waals surface area contributed by atoms with E-state index in [1.54, 1.807) is 6.07 Å². The number of benzene rings is 1. The minimum absolute atomic E-state index is 0.122. The van der Waals surface area contributed by atoms with Gasteiger partial charge < -0.3 is 29.2 Å². The number of nitrogens with zero attached hydrogens (tertiary/aromatic N) is 1. The van der Waals surface area contributed by atoms with Gasteiger partial charge in [0, 0.05) is 6.42 Å². The number of rotatable bonds is 13. The number of unbranched alkanes of at least 4 members (excludes halogenated alkanes) is 2. The number of halogens is 3. The Balaban J connectivity index is 0.000000905. The molecule has 0 radical (unpaired) electrons. The molecule has 0 fully saturated rings. The lowest BCUT2D eigenvalue weighted by Gasteiger charge is -2.28. The highest BCUT2D eigenvalue weighted by atomic mass is 19.4. The van der Waals surface area contributed by atoms with E-state index in [0.717, 1.165) is 18.6 Å². The highest BCUT2D eigenvalue weighted by Crippen LogP contribution is 2.15. The Morgan fingerprint density at radius 2 is 1.53 bits per heavy atom. The largest absolute Gasteiger partial charge is 0.542 e. The van der Waals surface area contributed by atoms with E-state index in [9.17, 15) is 22.8 Å². The molecular formula is C27H37F3N2O6. The van der Waals surface area contributed by atoms with Crippen molar-refractivity contribution in [3.63, 3.8) is 0 Å². The fraction of sp³-hybridized carbons (Fsp3) is 0.519. The molecule has 0 saturated carbocycles. The van der Waals surface area contributed by atoms with Gasteiger partial charge in [0.2, 0.25) is 0 Å². The molecule has 0 bridgehead atoms. The molecule has 0 saturated heterocycles. The highest BCUT2D eigenvalue weighted by molar-refractivity contribution is 5.92. The van der Waals surface area contributed by atoms with E-state index in [1.165, 1.54) is 30.4 Å². The SMILES string of the molecule is CCCCCc1ccc(CCc2ccc(C(=O)NC(CC(=O)O)C[N+](C)(C)C)o2)cc1.O=C([O-])C(F)(F)F. The Bertz CT molecular complexity index is 1030. The van der Waals surface area contributed by atoms with Crippen LogP contribution < -0.4 is 10.4 Å². The summed E-state index contributed by atoms with van der Waals surface area (Å²) in [5.41, 5.74) is 2.62. The van der Waals surface area contributed by atoms with Gasteiger partial charge in [0.15, 0.2) is 5.76 Å². The van der Waals surface area contributed by atoms with Crippen LogP contribution >= 0.6 is 0 Å². The zero-order chi connectivity index (χ0) is 28.9. The van der Waals surface area contributed by atoms with Gasteiger partial charge in [-0.15, -0.1) is 0 Å². The van der Waals surface area contributed by atoms with Crippen LogP contribution in [0.15, 0.2) is 40.8 Å². The number of carbonyl (C=O) groups is 3. The molecule has 1 aromatic heterocycles. The summed E-state index contributed by atoms with van der Waals surface area (Å²) in [7, 11) is 5.89. The molecule has 0 aliphatic heterocycles. The smallest absolute Gasteiger partial charge is 0.430 e. The van der Waals surface area contributed by atoms with Gasteiger partial charge in [-0.25, -0.2) is 0 Å². The number of carbonyl (C=O) groups excluding carboxylic acids is 2. The normalized spacial score (nSPS) is 12.3. The van der Waals surface area contributed by atoms with Crippen molar-refractivity contribution in [2.24, 2.45) is 0 Å². The number of alkyl halides is 3. The van der Waals surface area contributed by atoms with Crippen molar-refractivity contribution in [2.75, 3.05) is 27.7 Å². The van der Waals surface area contributed by atoms with Crippen molar-refractivity contribution in [3.05, 3.63) is 59.0 Å². The van der Waals surface area contributed by atoms with Gasteiger partial charge in [-0.05, 0) is 42.5 Å². The molecule has 11 heteroatoms. The molecule has 212 valence electrons. The zero-order valence-electron chi connectivity index (χ0n) is 22.3. The van der Waals surface area contributed by atoms with E-state index in [4.69, 9.17) is 19.4 Å². The van der Waals surface area contributed by atoms with Crippen LogP contribution in [0.5, 0.6) is 0 Å². The van der Waals surface area contributed by atoms with Gasteiger partial charge >= 0.3 is 12.1 Å². The van der Waals surface area contributed by atoms with Crippen LogP contribution in [0.25, 0.3) is 0 Å². The second kappa shape index (κ2) is 15.2. The molecule has 1 atom stereocenters. The summed E-state index contributed by atoms with van der Waals surface area (Å²) < 4.78 is 37.8. The maximum atomic E-state index is 12.6. The van der Waals surface area contributed by atoms with E-state index in [2.05, 4.69) is 36.5 Å². The fourth-order valence-corrected chi connectivity index (χ4v) is 3.64. The Morgan fingerprint density at radius 3 is 2.00 bits per heavy atom. The molecule has 0 spiro atoms. The number of quaternary nitrogens is 1. The van der Waals surface area contributed by atoms with Gasteiger partial charge in [0.25, 0.3) is 5.91 Å². The summed E-state index contributed by atoms with van der Waals surface area (Å²) in [6, 6.07) is 11.7. The minimum Gasteiger partial charge on any atom is -0.542 e. The Kier molecular flexibility index (Phi) is 13.0. The highest BCUT2D eigenvalue weighted by Gasteiger charge is 2.29. The van der Waals surface area contributed by atoms with Crippen LogP contribution in [-0.4, -0.2) is 67.3 Å². The standard InChI is InChI=1S/C25H36N2O4.C2HF3O2/c1-5-6-7-8-19-9-11-20(12-10-19)13-14-22-15-16-23(31-22)25(30)26-21(17-24(28)29)18-27(2,3)4;3-2(4,5)1(6)7/h9-12,15-16,21H,5-8,13-14,17-18H2,1-4H3,(H-,26,28,29,30);(H,6,7). The van der Waals surface area contributed by atoms with Gasteiger partial charge in [-0.3, -0.25) is 9.59 Å². The zero-order valence-corrected chi connectivity index (χ0v) is 22.3. The van der Waals surface area contributed by atoms with Crippen molar-refractivity contribution in [1.29, 1.82) is 0 Å². The summed E-state index contributed by atoms with van der Waals surface area (Å²) in [5, 5.41) is 20.7. The number of hydrogen-bond acceptors (Lipinski definition) is 5. The first-order valence-electron chi connectivity index (χ1n) is 12.4. The van der Waals surface area contributed by atoms with Crippen molar-refractivity contribution >= 4 is 17.8 Å². The lowest BCUT2D eigenvalue weighted by Crippen LogP contribution is -2.49. The molecule has 1 unspecified atom stereocenters. The number of aryl methyl sites for hydroxylation is 3. The molecule has 0 aliphatic carbocycles. The number of carboxylic acid groups (broad SMARTS) is 2. The topological polar surface area (TPSA) is 120 Å². The lowest BCUT2D eigenvalue weighted by atomic mass is 10.0. The van der Waals surface area contributed by atoms with Crippen molar-refractivity contribution in [1.82, 2.24) is 5.32 Å². The van der Waals surface area contributed by atoms with E-state index < -0.39 is 24.2 Å². The van der Waals surface area contributed by atoms with Crippen molar-refractivity contribution in [2.45, 2.75) is 64.1 Å². The van der Waals surface area contributed by atoms with Gasteiger partial charge in [-0.2, -0.15) is 13.2 Å². The third-order valence-electron chi connectivity index (χ3n) is 5.39. The summed E-state index contributed by atoms with van der Waals surface area (Å²) in [5.74, 6) is -3.35.